The maximum Gasteiger partial charge on any atom is 0.420 e. The number of esters is 1. The molecular formula is C14H12I3N2O6. The Morgan fingerprint density at radius 3 is 1.76 bits per heavy atom. The fourth-order valence-corrected chi connectivity index (χ4v) is 5.86. The number of rotatable bonds is 6. The summed E-state index contributed by atoms with van der Waals surface area (Å²) in [7, 11) is 0. The first kappa shape index (κ1) is 22.3. The first-order chi connectivity index (χ1) is 11.6. The summed E-state index contributed by atoms with van der Waals surface area (Å²) in [5.41, 5.74) is 0.885. The number of nitrogens with one attached hydrogen (secondary N) is 2. The lowest BCUT2D eigenvalue weighted by Gasteiger charge is -2.20. The molecule has 11 heteroatoms. The molecule has 25 heavy (non-hydrogen) atoms. The molecule has 2 N–H and O–H groups in total. The number of carbonyl (C=O) groups excluding carboxylic acids is 4. The van der Waals surface area contributed by atoms with E-state index in [1.165, 1.54) is 27.2 Å². The lowest BCUT2D eigenvalue weighted by Crippen LogP contribution is -2.22. The summed E-state index contributed by atoms with van der Waals surface area (Å²) >= 11 is 5.78. The lowest BCUT2D eigenvalue weighted by atomic mass is 10.1. The third kappa shape index (κ3) is 5.90. The van der Waals surface area contributed by atoms with Gasteiger partial charge in [-0.1, -0.05) is 0 Å². The van der Waals surface area contributed by atoms with Gasteiger partial charge in [0.15, 0.2) is 0 Å². The molecule has 0 bridgehead atoms. The smallest absolute Gasteiger partial charge is 0.420 e. The minimum Gasteiger partial charge on any atom is -0.422 e. The van der Waals surface area contributed by atoms with Gasteiger partial charge in [0, 0.05) is 20.8 Å². The standard InChI is InChI=1S/C14H12I3N2O6/c1-5(21)18-12-9(15)8(14(23)25-7(3)24-4-20)10(16)13(11(12)17)19-6(2)22/h7H,1-3H3,(H,18,21)(H,19,22). The van der Waals surface area contributed by atoms with E-state index < -0.39 is 12.3 Å². The van der Waals surface area contributed by atoms with Crippen LogP contribution < -0.4 is 10.6 Å². The van der Waals surface area contributed by atoms with Crippen molar-refractivity contribution in [1.29, 1.82) is 0 Å². The Hall–Kier alpha value is -0.710. The summed E-state index contributed by atoms with van der Waals surface area (Å²) in [5.74, 6) is -1.44. The van der Waals surface area contributed by atoms with Crippen LogP contribution in [0.25, 0.3) is 0 Å². The summed E-state index contributed by atoms with van der Waals surface area (Å²) < 4.78 is 10.9. The Bertz CT molecular complexity index is 695. The second kappa shape index (κ2) is 9.84. The van der Waals surface area contributed by atoms with Gasteiger partial charge in [0.1, 0.15) is 0 Å². The average molecular weight is 685 g/mol. The van der Waals surface area contributed by atoms with Gasteiger partial charge in [0.25, 0.3) is 0 Å². The van der Waals surface area contributed by atoms with E-state index >= 15 is 0 Å². The molecule has 8 nitrogen and oxygen atoms in total. The number of amides is 2. The Morgan fingerprint density at radius 2 is 1.40 bits per heavy atom. The summed E-state index contributed by atoms with van der Waals surface area (Å²) in [6.07, 6.45) is -1.13. The zero-order valence-corrected chi connectivity index (χ0v) is 19.6. The average Bonchev–Trinajstić information content (AvgIpc) is 2.48. The summed E-state index contributed by atoms with van der Waals surface area (Å²) in [6.45, 7) is 5.21. The molecule has 0 aromatic heterocycles. The minimum absolute atomic E-state index is 0.135. The highest BCUT2D eigenvalue weighted by molar-refractivity contribution is 14.1. The molecule has 2 amide bonds. The van der Waals surface area contributed by atoms with E-state index in [9.17, 15) is 19.2 Å². The predicted octanol–water partition coefficient (Wildman–Crippen LogP) is 3.00. The predicted molar refractivity (Wildman–Crippen MR) is 115 cm³/mol. The SMILES string of the molecule is CC(=O)Nc1c(I)c(NC(C)=O)c(I)c(C(=O)OC(C)O[C]=O)c1I. The van der Waals surface area contributed by atoms with Crippen molar-refractivity contribution < 1.29 is 28.7 Å². The van der Waals surface area contributed by atoms with Crippen LogP contribution in [0.5, 0.6) is 0 Å². The molecule has 1 rings (SSSR count). The van der Waals surface area contributed by atoms with Crippen LogP contribution in [0, 0.1) is 10.7 Å². The second-order valence-corrected chi connectivity index (χ2v) is 7.84. The molecule has 1 aromatic rings. The molecule has 0 heterocycles. The minimum atomic E-state index is -1.13. The van der Waals surface area contributed by atoms with Crippen LogP contribution in [0.3, 0.4) is 0 Å². The topological polar surface area (TPSA) is 111 Å². The normalized spacial score (nSPS) is 11.3. The maximum absolute atomic E-state index is 12.5. The number of anilines is 2. The third-order valence-corrected chi connectivity index (χ3v) is 5.85. The van der Waals surface area contributed by atoms with Gasteiger partial charge in [-0.05, 0) is 67.8 Å². The summed E-state index contributed by atoms with van der Waals surface area (Å²) in [6, 6.07) is 0. The molecule has 1 unspecified atom stereocenters. The Kier molecular flexibility index (Phi) is 8.79. The van der Waals surface area contributed by atoms with Crippen LogP contribution in [0.4, 0.5) is 11.4 Å². The largest absolute Gasteiger partial charge is 0.422 e. The molecule has 0 saturated heterocycles. The number of hydrogen-bond acceptors (Lipinski definition) is 6. The molecular weight excluding hydrogens is 673 g/mol. The zero-order chi connectivity index (χ0) is 19.3. The van der Waals surface area contributed by atoms with Gasteiger partial charge in [-0.2, -0.15) is 0 Å². The molecule has 135 valence electrons. The van der Waals surface area contributed by atoms with Crippen molar-refractivity contribution in [2.75, 3.05) is 10.6 Å². The Morgan fingerprint density at radius 1 is 0.960 bits per heavy atom. The zero-order valence-electron chi connectivity index (χ0n) is 13.2. The summed E-state index contributed by atoms with van der Waals surface area (Å²) in [5, 5.41) is 5.29. The van der Waals surface area contributed by atoms with Gasteiger partial charge in [0.2, 0.25) is 18.1 Å². The first-order valence-corrected chi connectivity index (χ1v) is 9.83. The highest BCUT2D eigenvalue weighted by Crippen LogP contribution is 2.39. The number of hydrogen-bond donors (Lipinski definition) is 2. The molecule has 0 fully saturated rings. The van der Waals surface area contributed by atoms with Crippen LogP contribution >= 0.6 is 67.8 Å². The van der Waals surface area contributed by atoms with Gasteiger partial charge in [-0.15, -0.1) is 0 Å². The molecule has 1 aromatic carbocycles. The maximum atomic E-state index is 12.5. The molecule has 1 radical (unpaired) electrons. The molecule has 0 aliphatic heterocycles. The fraction of sp³-hybridized carbons (Fsp3) is 0.286. The third-order valence-electron chi connectivity index (χ3n) is 2.61. The van der Waals surface area contributed by atoms with Crippen molar-refractivity contribution in [3.63, 3.8) is 0 Å². The second-order valence-electron chi connectivity index (χ2n) is 4.60. The summed E-state index contributed by atoms with van der Waals surface area (Å²) in [4.78, 5) is 45.7. The fourth-order valence-electron chi connectivity index (χ4n) is 1.72. The van der Waals surface area contributed by atoms with Gasteiger partial charge in [-0.25, -0.2) is 9.59 Å². The first-order valence-electron chi connectivity index (χ1n) is 6.59. The Balaban J connectivity index is 3.53. The number of halogens is 3. The van der Waals surface area contributed by atoms with Crippen LogP contribution in [-0.2, 0) is 23.9 Å². The quantitative estimate of drug-likeness (QED) is 0.271. The number of carbonyl (C=O) groups is 3. The van der Waals surface area contributed by atoms with Gasteiger partial charge in [0.05, 0.1) is 27.6 Å². The van der Waals surface area contributed by atoms with Gasteiger partial charge in [-0.3, -0.25) is 9.59 Å². The van der Waals surface area contributed by atoms with E-state index in [1.807, 2.05) is 67.8 Å². The van der Waals surface area contributed by atoms with Crippen molar-refractivity contribution >= 4 is 103 Å². The van der Waals surface area contributed by atoms with Crippen molar-refractivity contribution in [2.45, 2.75) is 27.1 Å². The van der Waals surface area contributed by atoms with E-state index in [2.05, 4.69) is 15.4 Å². The van der Waals surface area contributed by atoms with Crippen LogP contribution in [0.15, 0.2) is 0 Å². The van der Waals surface area contributed by atoms with E-state index in [4.69, 9.17) is 4.74 Å². The van der Waals surface area contributed by atoms with Crippen molar-refractivity contribution in [3.05, 3.63) is 16.3 Å². The van der Waals surface area contributed by atoms with E-state index in [0.717, 1.165) is 0 Å². The van der Waals surface area contributed by atoms with Crippen molar-refractivity contribution in [1.82, 2.24) is 0 Å². The number of ether oxygens (including phenoxy) is 2. The Labute approximate surface area is 184 Å². The van der Waals surface area contributed by atoms with Crippen LogP contribution in [0.2, 0.25) is 0 Å². The van der Waals surface area contributed by atoms with Crippen LogP contribution in [-0.4, -0.2) is 30.5 Å². The molecule has 0 saturated carbocycles. The lowest BCUT2D eigenvalue weighted by molar-refractivity contribution is -0.115. The molecule has 0 aliphatic carbocycles. The van der Waals surface area contributed by atoms with Gasteiger partial charge < -0.3 is 20.1 Å². The number of benzene rings is 1. The molecule has 0 aliphatic rings. The highest BCUT2D eigenvalue weighted by atomic mass is 127. The molecule has 0 spiro atoms. The van der Waals surface area contributed by atoms with Gasteiger partial charge >= 0.3 is 12.4 Å². The van der Waals surface area contributed by atoms with E-state index in [1.54, 1.807) is 0 Å². The highest BCUT2D eigenvalue weighted by Gasteiger charge is 2.27. The molecule has 1 atom stereocenters. The van der Waals surface area contributed by atoms with E-state index in [-0.39, 0.29) is 17.4 Å². The van der Waals surface area contributed by atoms with Crippen LogP contribution in [0.1, 0.15) is 31.1 Å². The monoisotopic (exact) mass is 685 g/mol. The van der Waals surface area contributed by atoms with Crippen molar-refractivity contribution in [2.24, 2.45) is 0 Å². The van der Waals surface area contributed by atoms with Crippen molar-refractivity contribution in [3.8, 4) is 0 Å². The van der Waals surface area contributed by atoms with E-state index in [0.29, 0.717) is 22.1 Å².